The first-order valence-electron chi connectivity index (χ1n) is 3.45. The van der Waals surface area contributed by atoms with E-state index in [4.69, 9.17) is 5.11 Å². The summed E-state index contributed by atoms with van der Waals surface area (Å²) in [6, 6.07) is 0. The van der Waals surface area contributed by atoms with Crippen molar-refractivity contribution in [2.45, 2.75) is 26.2 Å². The van der Waals surface area contributed by atoms with Crippen LogP contribution in [0.1, 0.15) is 20.3 Å². The molecule has 1 rings (SSSR count). The third-order valence-electron chi connectivity index (χ3n) is 2.53. The maximum Gasteiger partial charge on any atom is 0.257 e. The second kappa shape index (κ2) is 1.91. The van der Waals surface area contributed by atoms with Gasteiger partial charge in [-0.2, -0.15) is 0 Å². The van der Waals surface area contributed by atoms with Crippen LogP contribution < -0.4 is 0 Å². The van der Waals surface area contributed by atoms with Crippen LogP contribution >= 0.6 is 0 Å². The summed E-state index contributed by atoms with van der Waals surface area (Å²) < 4.78 is 25.1. The zero-order valence-corrected chi connectivity index (χ0v) is 6.19. The Kier molecular flexibility index (Phi) is 1.51. The summed E-state index contributed by atoms with van der Waals surface area (Å²) >= 11 is 0. The van der Waals surface area contributed by atoms with Crippen LogP contribution in [0.3, 0.4) is 0 Å². The minimum Gasteiger partial charge on any atom is -0.396 e. The van der Waals surface area contributed by atoms with Crippen LogP contribution in [0.5, 0.6) is 0 Å². The molecule has 1 atom stereocenters. The van der Waals surface area contributed by atoms with E-state index in [-0.39, 0.29) is 12.3 Å². The van der Waals surface area contributed by atoms with Crippen LogP contribution in [0.4, 0.5) is 8.78 Å². The van der Waals surface area contributed by atoms with Gasteiger partial charge in [0.15, 0.2) is 0 Å². The molecule has 0 aromatic carbocycles. The molecule has 0 aliphatic heterocycles. The molecular formula is C7H12F2O. The summed E-state index contributed by atoms with van der Waals surface area (Å²) in [5.74, 6) is -2.75. The predicted octanol–water partition coefficient (Wildman–Crippen LogP) is 1.66. The van der Waals surface area contributed by atoms with E-state index in [9.17, 15) is 8.78 Å². The van der Waals surface area contributed by atoms with Gasteiger partial charge in [0.25, 0.3) is 5.92 Å². The van der Waals surface area contributed by atoms with Gasteiger partial charge in [0.1, 0.15) is 0 Å². The maximum atomic E-state index is 12.5. The van der Waals surface area contributed by atoms with Gasteiger partial charge in [-0.1, -0.05) is 13.8 Å². The fraction of sp³-hybridized carbons (Fsp3) is 1.00. The van der Waals surface area contributed by atoms with E-state index in [1.165, 1.54) is 0 Å². The average Bonchev–Trinajstić information content (AvgIpc) is 2.35. The third kappa shape index (κ3) is 0.764. The zero-order chi connectivity index (χ0) is 7.99. The van der Waals surface area contributed by atoms with Crippen molar-refractivity contribution >= 4 is 0 Å². The molecule has 1 nitrogen and oxygen atoms in total. The molecule has 60 valence electrons. The Bertz CT molecular complexity index is 145. The van der Waals surface area contributed by atoms with E-state index in [0.717, 1.165) is 0 Å². The van der Waals surface area contributed by atoms with Crippen LogP contribution in [-0.2, 0) is 0 Å². The monoisotopic (exact) mass is 150 g/mol. The Balaban J connectivity index is 2.68. The Morgan fingerprint density at radius 1 is 1.50 bits per heavy atom. The standard InChI is InChI=1S/C7H12F2O/c1-5(2)6(4-10)3-7(6,8)9/h5,10H,3-4H2,1-2H3. The summed E-state index contributed by atoms with van der Waals surface area (Å²) in [6.45, 7) is 3.05. The van der Waals surface area contributed by atoms with Gasteiger partial charge < -0.3 is 5.11 Å². The van der Waals surface area contributed by atoms with Gasteiger partial charge in [-0.15, -0.1) is 0 Å². The highest BCUT2D eigenvalue weighted by Crippen LogP contribution is 2.64. The van der Waals surface area contributed by atoms with E-state index in [2.05, 4.69) is 0 Å². The smallest absolute Gasteiger partial charge is 0.257 e. The van der Waals surface area contributed by atoms with Crippen LogP contribution in [0.25, 0.3) is 0 Å². The average molecular weight is 150 g/mol. The van der Waals surface area contributed by atoms with Gasteiger partial charge in [0.2, 0.25) is 0 Å². The second-order valence-electron chi connectivity index (χ2n) is 3.35. The van der Waals surface area contributed by atoms with Gasteiger partial charge in [-0.3, -0.25) is 0 Å². The van der Waals surface area contributed by atoms with Crippen LogP contribution in [0, 0.1) is 11.3 Å². The summed E-state index contributed by atoms with van der Waals surface area (Å²) in [7, 11) is 0. The van der Waals surface area contributed by atoms with Gasteiger partial charge >= 0.3 is 0 Å². The maximum absolute atomic E-state index is 12.5. The van der Waals surface area contributed by atoms with Crippen molar-refractivity contribution in [3.63, 3.8) is 0 Å². The number of halogens is 2. The Hall–Kier alpha value is -0.180. The minimum absolute atomic E-state index is 0.132. The lowest BCUT2D eigenvalue weighted by molar-refractivity contribution is 0.0153. The Morgan fingerprint density at radius 3 is 1.90 bits per heavy atom. The third-order valence-corrected chi connectivity index (χ3v) is 2.53. The summed E-state index contributed by atoms with van der Waals surface area (Å²) in [5, 5.41) is 8.68. The first-order chi connectivity index (χ1) is 4.46. The molecule has 1 aliphatic rings. The van der Waals surface area contributed by atoms with Gasteiger partial charge in [-0.25, -0.2) is 8.78 Å². The molecule has 0 aromatic rings. The van der Waals surface area contributed by atoms with E-state index < -0.39 is 17.9 Å². The number of hydrogen-bond donors (Lipinski definition) is 1. The van der Waals surface area contributed by atoms with Crippen LogP contribution in [0.2, 0.25) is 0 Å². The molecule has 0 bridgehead atoms. The number of hydrogen-bond acceptors (Lipinski definition) is 1. The molecule has 0 radical (unpaired) electrons. The molecule has 0 amide bonds. The number of aliphatic hydroxyl groups excluding tert-OH is 1. The topological polar surface area (TPSA) is 20.2 Å². The molecular weight excluding hydrogens is 138 g/mol. The first-order valence-corrected chi connectivity index (χ1v) is 3.45. The van der Waals surface area contributed by atoms with Crippen molar-refractivity contribution in [1.29, 1.82) is 0 Å². The Morgan fingerprint density at radius 2 is 1.90 bits per heavy atom. The molecule has 1 unspecified atom stereocenters. The summed E-state index contributed by atoms with van der Waals surface area (Å²) in [5.41, 5.74) is -1.09. The highest BCUT2D eigenvalue weighted by molar-refractivity contribution is 5.11. The minimum atomic E-state index is -2.62. The lowest BCUT2D eigenvalue weighted by Gasteiger charge is -2.16. The zero-order valence-electron chi connectivity index (χ0n) is 6.19. The quantitative estimate of drug-likeness (QED) is 0.634. The first kappa shape index (κ1) is 7.92. The molecule has 1 saturated carbocycles. The fourth-order valence-corrected chi connectivity index (χ4v) is 1.33. The SMILES string of the molecule is CC(C)C1(CO)CC1(F)F. The molecule has 1 fully saturated rings. The largest absolute Gasteiger partial charge is 0.396 e. The molecule has 0 saturated heterocycles. The molecule has 3 heteroatoms. The number of alkyl halides is 2. The van der Waals surface area contributed by atoms with Crippen molar-refractivity contribution in [1.82, 2.24) is 0 Å². The van der Waals surface area contributed by atoms with Crippen LogP contribution in [0.15, 0.2) is 0 Å². The van der Waals surface area contributed by atoms with Crippen molar-refractivity contribution in [3.8, 4) is 0 Å². The molecule has 1 N–H and O–H groups in total. The van der Waals surface area contributed by atoms with Crippen molar-refractivity contribution in [2.24, 2.45) is 11.3 Å². The van der Waals surface area contributed by atoms with E-state index in [1.54, 1.807) is 13.8 Å². The number of aliphatic hydroxyl groups is 1. The van der Waals surface area contributed by atoms with Crippen LogP contribution in [-0.4, -0.2) is 17.6 Å². The van der Waals surface area contributed by atoms with Gasteiger partial charge in [-0.05, 0) is 5.92 Å². The second-order valence-corrected chi connectivity index (χ2v) is 3.35. The lowest BCUT2D eigenvalue weighted by Crippen LogP contribution is -2.22. The molecule has 0 spiro atoms. The summed E-state index contributed by atoms with van der Waals surface area (Å²) in [4.78, 5) is 0. The summed E-state index contributed by atoms with van der Waals surface area (Å²) in [6.07, 6.45) is -0.145. The van der Waals surface area contributed by atoms with E-state index >= 15 is 0 Å². The van der Waals surface area contributed by atoms with Gasteiger partial charge in [0, 0.05) is 6.42 Å². The van der Waals surface area contributed by atoms with E-state index in [0.29, 0.717) is 0 Å². The van der Waals surface area contributed by atoms with Crippen molar-refractivity contribution in [3.05, 3.63) is 0 Å². The highest BCUT2D eigenvalue weighted by Gasteiger charge is 2.71. The van der Waals surface area contributed by atoms with Crippen molar-refractivity contribution < 1.29 is 13.9 Å². The van der Waals surface area contributed by atoms with E-state index in [1.807, 2.05) is 0 Å². The molecule has 0 aromatic heterocycles. The molecule has 10 heavy (non-hydrogen) atoms. The van der Waals surface area contributed by atoms with Gasteiger partial charge in [0.05, 0.1) is 12.0 Å². The fourth-order valence-electron chi connectivity index (χ4n) is 1.33. The molecule has 1 aliphatic carbocycles. The Labute approximate surface area is 59.0 Å². The molecule has 0 heterocycles. The normalized spacial score (nSPS) is 36.6. The lowest BCUT2D eigenvalue weighted by atomic mass is 9.93. The predicted molar refractivity (Wildman–Crippen MR) is 33.9 cm³/mol. The highest BCUT2D eigenvalue weighted by atomic mass is 19.3. The van der Waals surface area contributed by atoms with Crippen molar-refractivity contribution in [2.75, 3.05) is 6.61 Å². The number of rotatable bonds is 2.